The molecule has 0 unspecified atom stereocenters. The smallest absolute Gasteiger partial charge is 0.334 e. The zero-order valence-corrected chi connectivity index (χ0v) is 15.5. The minimum atomic E-state index is -0.489. The van der Waals surface area contributed by atoms with Gasteiger partial charge >= 0.3 is 5.69 Å². The third-order valence-corrected chi connectivity index (χ3v) is 5.08. The van der Waals surface area contributed by atoms with Gasteiger partial charge in [0.05, 0.1) is 17.9 Å². The Kier molecular flexibility index (Phi) is 4.55. The summed E-state index contributed by atoms with van der Waals surface area (Å²) in [6.45, 7) is 3.42. The van der Waals surface area contributed by atoms with Crippen LogP contribution in [-0.2, 0) is 13.1 Å². The molecule has 0 saturated carbocycles. The molecule has 0 amide bonds. The Hall–Kier alpha value is -2.90. The summed E-state index contributed by atoms with van der Waals surface area (Å²) in [5.41, 5.74) is 2.12. The third kappa shape index (κ3) is 3.27. The minimum Gasteiger partial charge on any atom is -0.358 e. The van der Waals surface area contributed by atoms with Crippen molar-refractivity contribution in [3.8, 4) is 5.69 Å². The van der Waals surface area contributed by atoms with Crippen molar-refractivity contribution in [1.82, 2.24) is 19.4 Å². The van der Waals surface area contributed by atoms with Crippen molar-refractivity contribution in [3.05, 3.63) is 85.3 Å². The number of nitrogens with zero attached hydrogens (tertiary/aromatic N) is 3. The van der Waals surface area contributed by atoms with Crippen LogP contribution in [-0.4, -0.2) is 26.1 Å². The second-order valence-corrected chi connectivity index (χ2v) is 6.90. The van der Waals surface area contributed by atoms with Gasteiger partial charge in [0.15, 0.2) is 0 Å². The fourth-order valence-electron chi connectivity index (χ4n) is 3.30. The number of benzene rings is 1. The fraction of sp³-hybridized carbons (Fsp3) is 0.211. The van der Waals surface area contributed by atoms with E-state index < -0.39 is 5.69 Å². The molecule has 7 nitrogen and oxygen atoms in total. The molecular weight excluding hydrogens is 366 g/mol. The summed E-state index contributed by atoms with van der Waals surface area (Å²) in [6, 6.07) is 9.24. The predicted octanol–water partition coefficient (Wildman–Crippen LogP) is 2.27. The van der Waals surface area contributed by atoms with Crippen LogP contribution in [0.2, 0.25) is 5.02 Å². The Morgan fingerprint density at radius 1 is 1.22 bits per heavy atom. The van der Waals surface area contributed by atoms with Crippen molar-refractivity contribution in [2.24, 2.45) is 0 Å². The van der Waals surface area contributed by atoms with Crippen LogP contribution < -0.4 is 16.6 Å². The summed E-state index contributed by atoms with van der Waals surface area (Å²) in [6.07, 6.45) is 3.53. The van der Waals surface area contributed by atoms with E-state index in [4.69, 9.17) is 11.6 Å². The monoisotopic (exact) mass is 383 g/mol. The summed E-state index contributed by atoms with van der Waals surface area (Å²) >= 11 is 6.22. The van der Waals surface area contributed by atoms with Gasteiger partial charge in [-0.3, -0.25) is 19.7 Å². The number of nitrogens with one attached hydrogen (secondary N) is 2. The van der Waals surface area contributed by atoms with Gasteiger partial charge in [0, 0.05) is 30.5 Å². The van der Waals surface area contributed by atoms with Crippen LogP contribution >= 0.6 is 11.6 Å². The molecule has 0 radical (unpaired) electrons. The summed E-state index contributed by atoms with van der Waals surface area (Å²) in [5.74, 6) is 0.511. The summed E-state index contributed by atoms with van der Waals surface area (Å²) in [4.78, 5) is 33.6. The van der Waals surface area contributed by atoms with Gasteiger partial charge in [-0.25, -0.2) is 9.36 Å². The quantitative estimate of drug-likeness (QED) is 0.725. The third-order valence-electron chi connectivity index (χ3n) is 4.67. The Morgan fingerprint density at radius 2 is 2.07 bits per heavy atom. The van der Waals surface area contributed by atoms with Crippen molar-refractivity contribution in [2.75, 3.05) is 12.0 Å². The Balaban J connectivity index is 1.76. The number of hydrogen-bond donors (Lipinski definition) is 2. The molecule has 0 aliphatic carbocycles. The lowest BCUT2D eigenvalue weighted by molar-refractivity contribution is 0.263. The van der Waals surface area contributed by atoms with Crippen molar-refractivity contribution < 1.29 is 0 Å². The molecule has 2 aromatic heterocycles. The van der Waals surface area contributed by atoms with E-state index in [1.54, 1.807) is 24.5 Å². The van der Waals surface area contributed by atoms with Crippen LogP contribution in [0, 0.1) is 6.92 Å². The van der Waals surface area contributed by atoms with E-state index in [9.17, 15) is 9.59 Å². The van der Waals surface area contributed by atoms with Crippen LogP contribution in [0.1, 0.15) is 16.7 Å². The molecule has 0 spiro atoms. The first-order chi connectivity index (χ1) is 13.0. The van der Waals surface area contributed by atoms with Gasteiger partial charge in [0.25, 0.3) is 5.56 Å². The number of H-pyrrole nitrogens is 1. The van der Waals surface area contributed by atoms with E-state index in [1.165, 1.54) is 4.57 Å². The molecule has 1 aliphatic heterocycles. The molecule has 0 atom stereocenters. The van der Waals surface area contributed by atoms with E-state index in [1.807, 2.05) is 25.1 Å². The standard InChI is InChI=1S/C19H18ClN5O2/c1-12-15(20)5-2-6-16(12)25-17-14(18(26)23-19(25)27)10-24(11-22-17)9-13-4-3-7-21-8-13/h2-8,22H,9-11H2,1H3,(H,23,26,27). The SMILES string of the molecule is Cc1c(Cl)cccc1-n1c2c(c(=O)[nH]c1=O)CN(Cc1cccnc1)CN2. The highest BCUT2D eigenvalue weighted by Crippen LogP contribution is 2.26. The Labute approximate surface area is 160 Å². The van der Waals surface area contributed by atoms with Gasteiger partial charge in [0.2, 0.25) is 0 Å². The number of fused-ring (bicyclic) bond motifs is 1. The van der Waals surface area contributed by atoms with Gasteiger partial charge in [-0.15, -0.1) is 0 Å². The van der Waals surface area contributed by atoms with Crippen molar-refractivity contribution in [2.45, 2.75) is 20.0 Å². The average molecular weight is 384 g/mol. The minimum absolute atomic E-state index is 0.380. The molecular formula is C19H18ClN5O2. The molecule has 1 aliphatic rings. The Morgan fingerprint density at radius 3 is 2.85 bits per heavy atom. The van der Waals surface area contributed by atoms with E-state index in [0.29, 0.717) is 41.8 Å². The maximum absolute atomic E-state index is 12.6. The number of rotatable bonds is 3. The molecule has 4 rings (SSSR count). The largest absolute Gasteiger partial charge is 0.358 e. The number of pyridine rings is 1. The molecule has 138 valence electrons. The maximum atomic E-state index is 12.6. The first kappa shape index (κ1) is 17.5. The number of halogens is 1. The summed E-state index contributed by atoms with van der Waals surface area (Å²) in [5, 5.41) is 3.80. The highest BCUT2D eigenvalue weighted by Gasteiger charge is 2.24. The average Bonchev–Trinajstić information content (AvgIpc) is 2.66. The summed E-state index contributed by atoms with van der Waals surface area (Å²) < 4.78 is 1.49. The van der Waals surface area contributed by atoms with Gasteiger partial charge in [0.1, 0.15) is 5.82 Å². The highest BCUT2D eigenvalue weighted by molar-refractivity contribution is 6.31. The van der Waals surface area contributed by atoms with Crippen LogP contribution in [0.5, 0.6) is 0 Å². The maximum Gasteiger partial charge on any atom is 0.334 e. The molecule has 0 bridgehead atoms. The van der Waals surface area contributed by atoms with E-state index in [0.717, 1.165) is 11.1 Å². The zero-order valence-electron chi connectivity index (χ0n) is 14.7. The number of hydrogen-bond acceptors (Lipinski definition) is 5. The lowest BCUT2D eigenvalue weighted by atomic mass is 10.1. The van der Waals surface area contributed by atoms with Gasteiger partial charge in [-0.05, 0) is 36.2 Å². The lowest BCUT2D eigenvalue weighted by Gasteiger charge is -2.31. The zero-order chi connectivity index (χ0) is 19.0. The normalized spacial score (nSPS) is 13.9. The molecule has 3 aromatic rings. The number of aromatic amines is 1. The van der Waals surface area contributed by atoms with Crippen LogP contribution in [0.4, 0.5) is 5.82 Å². The lowest BCUT2D eigenvalue weighted by Crippen LogP contribution is -2.42. The van der Waals surface area contributed by atoms with Crippen molar-refractivity contribution in [1.29, 1.82) is 0 Å². The van der Waals surface area contributed by atoms with Crippen LogP contribution in [0.25, 0.3) is 5.69 Å². The molecule has 3 heterocycles. The molecule has 0 fully saturated rings. The first-order valence-corrected chi connectivity index (χ1v) is 8.91. The predicted molar refractivity (Wildman–Crippen MR) is 104 cm³/mol. The van der Waals surface area contributed by atoms with E-state index >= 15 is 0 Å². The van der Waals surface area contributed by atoms with Gasteiger partial charge in [-0.2, -0.15) is 0 Å². The topological polar surface area (TPSA) is 83.0 Å². The van der Waals surface area contributed by atoms with Crippen LogP contribution in [0.15, 0.2) is 52.3 Å². The number of anilines is 1. The fourth-order valence-corrected chi connectivity index (χ4v) is 3.47. The summed E-state index contributed by atoms with van der Waals surface area (Å²) in [7, 11) is 0. The molecule has 27 heavy (non-hydrogen) atoms. The van der Waals surface area contributed by atoms with Gasteiger partial charge in [-0.1, -0.05) is 23.7 Å². The highest BCUT2D eigenvalue weighted by atomic mass is 35.5. The second-order valence-electron chi connectivity index (χ2n) is 6.49. The first-order valence-electron chi connectivity index (χ1n) is 8.53. The molecule has 0 saturated heterocycles. The van der Waals surface area contributed by atoms with E-state index in [2.05, 4.69) is 20.2 Å². The molecule has 8 heteroatoms. The Bertz CT molecular complexity index is 1110. The second kappa shape index (κ2) is 7.02. The molecule has 2 N–H and O–H groups in total. The van der Waals surface area contributed by atoms with E-state index in [-0.39, 0.29) is 5.56 Å². The number of aromatic nitrogens is 3. The van der Waals surface area contributed by atoms with Crippen molar-refractivity contribution in [3.63, 3.8) is 0 Å². The van der Waals surface area contributed by atoms with Crippen LogP contribution in [0.3, 0.4) is 0 Å². The molecule has 1 aromatic carbocycles. The van der Waals surface area contributed by atoms with Crippen molar-refractivity contribution >= 4 is 17.4 Å². The van der Waals surface area contributed by atoms with Gasteiger partial charge < -0.3 is 5.32 Å².